The van der Waals surface area contributed by atoms with Crippen LogP contribution in [-0.4, -0.2) is 52.4 Å². The van der Waals surface area contributed by atoms with Gasteiger partial charge in [-0.3, -0.25) is 9.59 Å². The molecule has 2 aliphatic rings. The summed E-state index contributed by atoms with van der Waals surface area (Å²) in [7, 11) is 0. The van der Waals surface area contributed by atoms with E-state index < -0.39 is 23.4 Å². The van der Waals surface area contributed by atoms with Gasteiger partial charge in [-0.2, -0.15) is 0 Å². The summed E-state index contributed by atoms with van der Waals surface area (Å²) in [5.74, 6) is -1.16. The minimum atomic E-state index is -1.61. The van der Waals surface area contributed by atoms with Crippen molar-refractivity contribution in [2.75, 3.05) is 24.5 Å². The molecule has 172 valence electrons. The third kappa shape index (κ3) is 4.24. The molecule has 0 bridgehead atoms. The van der Waals surface area contributed by atoms with Crippen LogP contribution in [0.1, 0.15) is 39.2 Å². The highest BCUT2D eigenvalue weighted by Crippen LogP contribution is 2.39. The van der Waals surface area contributed by atoms with Gasteiger partial charge in [-0.25, -0.2) is 14.2 Å². The molecule has 1 saturated carbocycles. The van der Waals surface area contributed by atoms with E-state index >= 15 is 4.39 Å². The van der Waals surface area contributed by atoms with Gasteiger partial charge in [0, 0.05) is 31.1 Å². The van der Waals surface area contributed by atoms with Crippen molar-refractivity contribution in [3.8, 4) is 5.75 Å². The van der Waals surface area contributed by atoms with Crippen LogP contribution in [0.2, 0.25) is 0 Å². The van der Waals surface area contributed by atoms with E-state index in [-0.39, 0.29) is 34.3 Å². The first-order valence-electron chi connectivity index (χ1n) is 10.5. The fourth-order valence-electron chi connectivity index (χ4n) is 4.04. The fourth-order valence-corrected chi connectivity index (χ4v) is 4.04. The SMILES string of the molecule is CC(N)C(=O)NCC1(C)CCN(c2nc3c(cc2F)c(=O)c(OC(=O)O)cn3C2CC2)C1. The molecular weight excluding hydrogens is 421 g/mol. The van der Waals surface area contributed by atoms with E-state index in [1.54, 1.807) is 16.4 Å². The topological polar surface area (TPSA) is 140 Å². The molecule has 4 rings (SSSR count). The maximum atomic E-state index is 15.1. The van der Waals surface area contributed by atoms with Gasteiger partial charge in [0.1, 0.15) is 5.65 Å². The number of hydrogen-bond acceptors (Lipinski definition) is 7. The van der Waals surface area contributed by atoms with Gasteiger partial charge in [0.25, 0.3) is 0 Å². The van der Waals surface area contributed by atoms with Gasteiger partial charge in [-0.1, -0.05) is 6.92 Å². The summed E-state index contributed by atoms with van der Waals surface area (Å²) in [6, 6.07) is 0.545. The molecule has 1 amide bonds. The van der Waals surface area contributed by atoms with Crippen LogP contribution in [-0.2, 0) is 4.79 Å². The van der Waals surface area contributed by atoms with Crippen molar-refractivity contribution < 1.29 is 23.8 Å². The normalized spacial score (nSPS) is 21.6. The van der Waals surface area contributed by atoms with E-state index in [0.717, 1.165) is 18.9 Å². The average Bonchev–Trinajstić information content (AvgIpc) is 3.50. The van der Waals surface area contributed by atoms with Crippen molar-refractivity contribution >= 4 is 28.9 Å². The van der Waals surface area contributed by atoms with Gasteiger partial charge in [0.05, 0.1) is 17.6 Å². The number of carbonyl (C=O) groups is 2. The molecule has 1 aliphatic carbocycles. The van der Waals surface area contributed by atoms with Crippen molar-refractivity contribution in [2.24, 2.45) is 11.1 Å². The third-order valence-corrected chi connectivity index (χ3v) is 6.00. The zero-order valence-electron chi connectivity index (χ0n) is 17.9. The molecule has 2 aromatic heterocycles. The van der Waals surface area contributed by atoms with Gasteiger partial charge in [-0.15, -0.1) is 0 Å². The molecule has 11 heteroatoms. The Bertz CT molecular complexity index is 1150. The largest absolute Gasteiger partial charge is 0.511 e. The van der Waals surface area contributed by atoms with Gasteiger partial charge in [0.15, 0.2) is 17.4 Å². The van der Waals surface area contributed by atoms with Gasteiger partial charge < -0.3 is 30.4 Å². The molecule has 3 heterocycles. The molecule has 2 unspecified atom stereocenters. The van der Waals surface area contributed by atoms with Crippen molar-refractivity contribution in [1.29, 1.82) is 0 Å². The van der Waals surface area contributed by atoms with Crippen LogP contribution in [0, 0.1) is 11.2 Å². The van der Waals surface area contributed by atoms with E-state index in [1.165, 1.54) is 6.20 Å². The number of hydrogen-bond donors (Lipinski definition) is 3. The van der Waals surface area contributed by atoms with Gasteiger partial charge in [-0.05, 0) is 32.3 Å². The lowest BCUT2D eigenvalue weighted by molar-refractivity contribution is -0.122. The summed E-state index contributed by atoms with van der Waals surface area (Å²) in [5, 5.41) is 11.7. The monoisotopic (exact) mass is 447 g/mol. The minimum absolute atomic E-state index is 0.0249. The van der Waals surface area contributed by atoms with E-state index in [4.69, 9.17) is 10.8 Å². The summed E-state index contributed by atoms with van der Waals surface area (Å²) in [4.78, 5) is 41.7. The Hall–Kier alpha value is -3.21. The molecule has 2 fully saturated rings. The molecule has 1 aliphatic heterocycles. The zero-order valence-corrected chi connectivity index (χ0v) is 17.9. The lowest BCUT2D eigenvalue weighted by Gasteiger charge is -2.26. The Balaban J connectivity index is 1.66. The smallest absolute Gasteiger partial charge is 0.449 e. The quantitative estimate of drug-likeness (QED) is 0.568. The van der Waals surface area contributed by atoms with Crippen LogP contribution in [0.5, 0.6) is 5.75 Å². The number of anilines is 1. The molecule has 0 radical (unpaired) electrons. The summed E-state index contributed by atoms with van der Waals surface area (Å²) in [6.07, 6.45) is 2.13. The number of amides is 1. The number of pyridine rings is 2. The Kier molecular flexibility index (Phi) is 5.53. The molecule has 4 N–H and O–H groups in total. The lowest BCUT2D eigenvalue weighted by Crippen LogP contribution is -2.44. The third-order valence-electron chi connectivity index (χ3n) is 6.00. The second-order valence-corrected chi connectivity index (χ2v) is 8.98. The Morgan fingerprint density at radius 1 is 1.47 bits per heavy atom. The lowest BCUT2D eigenvalue weighted by atomic mass is 9.90. The van der Waals surface area contributed by atoms with Crippen LogP contribution in [0.3, 0.4) is 0 Å². The first-order chi connectivity index (χ1) is 15.1. The highest BCUT2D eigenvalue weighted by atomic mass is 19.1. The first-order valence-corrected chi connectivity index (χ1v) is 10.5. The molecule has 1 saturated heterocycles. The highest BCUT2D eigenvalue weighted by molar-refractivity contribution is 5.81. The molecule has 2 aromatic rings. The molecule has 2 atom stereocenters. The number of fused-ring (bicyclic) bond motifs is 1. The van der Waals surface area contributed by atoms with Crippen molar-refractivity contribution in [3.05, 3.63) is 28.3 Å². The number of halogens is 1. The second kappa shape index (κ2) is 8.05. The highest BCUT2D eigenvalue weighted by Gasteiger charge is 2.36. The van der Waals surface area contributed by atoms with Crippen molar-refractivity contribution in [3.63, 3.8) is 0 Å². The first kappa shape index (κ1) is 22.0. The van der Waals surface area contributed by atoms with E-state index in [9.17, 15) is 14.4 Å². The number of aromatic nitrogens is 2. The van der Waals surface area contributed by atoms with Crippen molar-refractivity contribution in [1.82, 2.24) is 14.9 Å². The summed E-state index contributed by atoms with van der Waals surface area (Å²) < 4.78 is 21.4. The maximum Gasteiger partial charge on any atom is 0.511 e. The van der Waals surface area contributed by atoms with E-state index in [2.05, 4.69) is 15.0 Å². The molecule has 32 heavy (non-hydrogen) atoms. The second-order valence-electron chi connectivity index (χ2n) is 8.98. The van der Waals surface area contributed by atoms with Gasteiger partial charge >= 0.3 is 6.16 Å². The predicted molar refractivity (Wildman–Crippen MR) is 114 cm³/mol. The van der Waals surface area contributed by atoms with E-state index in [0.29, 0.717) is 31.7 Å². The Morgan fingerprint density at radius 3 is 2.81 bits per heavy atom. The van der Waals surface area contributed by atoms with Gasteiger partial charge in [0.2, 0.25) is 11.3 Å². The zero-order chi connectivity index (χ0) is 23.2. The Labute approximate surface area is 183 Å². The number of ether oxygens (including phenoxy) is 1. The number of carboxylic acid groups (broad SMARTS) is 1. The number of nitrogens with two attached hydrogens (primary N) is 1. The van der Waals surface area contributed by atoms with Crippen LogP contribution < -0.4 is 26.1 Å². The maximum absolute atomic E-state index is 15.1. The number of nitrogens with one attached hydrogen (secondary N) is 1. The van der Waals surface area contributed by atoms with E-state index in [1.807, 2.05) is 6.92 Å². The predicted octanol–water partition coefficient (Wildman–Crippen LogP) is 1.61. The molecule has 10 nitrogen and oxygen atoms in total. The molecular formula is C21H26FN5O5. The summed E-state index contributed by atoms with van der Waals surface area (Å²) >= 11 is 0. The number of rotatable bonds is 6. The van der Waals surface area contributed by atoms with Crippen LogP contribution in [0.4, 0.5) is 15.0 Å². The minimum Gasteiger partial charge on any atom is -0.449 e. The molecule has 0 aromatic carbocycles. The molecule has 0 spiro atoms. The number of nitrogens with zero attached hydrogens (tertiary/aromatic N) is 3. The van der Waals surface area contributed by atoms with Crippen LogP contribution in [0.25, 0.3) is 11.0 Å². The summed E-state index contributed by atoms with van der Waals surface area (Å²) in [6.45, 7) is 5.02. The fraction of sp³-hybridized carbons (Fsp3) is 0.524. The average molecular weight is 447 g/mol. The number of carbonyl (C=O) groups excluding carboxylic acids is 1. The standard InChI is InChI=1S/C21H26FN5O5/c1-11(23)19(29)24-9-21(2)5-6-26(10-21)18-14(22)7-13-16(28)15(32-20(30)31)8-27(12-3-4-12)17(13)25-18/h7-8,11-12H,3-6,9-10,23H2,1-2H3,(H,24,29)(H,30,31). The summed E-state index contributed by atoms with van der Waals surface area (Å²) in [5.41, 5.74) is 4.88. The van der Waals surface area contributed by atoms with Crippen LogP contribution in [0.15, 0.2) is 17.1 Å². The Morgan fingerprint density at radius 2 is 2.19 bits per heavy atom. The van der Waals surface area contributed by atoms with Crippen LogP contribution >= 0.6 is 0 Å². The van der Waals surface area contributed by atoms with Crippen molar-refractivity contribution in [2.45, 2.75) is 45.2 Å².